The lowest BCUT2D eigenvalue weighted by molar-refractivity contribution is 0.427. The summed E-state index contributed by atoms with van der Waals surface area (Å²) >= 11 is 0. The van der Waals surface area contributed by atoms with Gasteiger partial charge in [0.15, 0.2) is 5.82 Å². The van der Waals surface area contributed by atoms with Crippen LogP contribution in [0, 0.1) is 6.92 Å². The molecule has 1 aromatic heterocycles. The van der Waals surface area contributed by atoms with E-state index in [9.17, 15) is 4.39 Å². The fourth-order valence-corrected chi connectivity index (χ4v) is 1.14. The molecule has 0 saturated heterocycles. The van der Waals surface area contributed by atoms with Crippen molar-refractivity contribution in [2.45, 2.75) is 26.8 Å². The van der Waals surface area contributed by atoms with E-state index < -0.39 is 0 Å². The summed E-state index contributed by atoms with van der Waals surface area (Å²) in [4.78, 5) is 0. The second-order valence-electron chi connectivity index (χ2n) is 3.04. The van der Waals surface area contributed by atoms with Gasteiger partial charge in [-0.3, -0.25) is 4.68 Å². The van der Waals surface area contributed by atoms with E-state index >= 15 is 0 Å². The van der Waals surface area contributed by atoms with Gasteiger partial charge < -0.3 is 5.32 Å². The lowest BCUT2D eigenvalue weighted by Crippen LogP contribution is -2.04. The predicted octanol–water partition coefficient (Wildman–Crippen LogP) is 2.40. The largest absolute Gasteiger partial charge is 0.368 e. The molecule has 1 heterocycles. The predicted molar refractivity (Wildman–Crippen MR) is 59.0 cm³/mol. The average Bonchev–Trinajstić information content (AvgIpc) is 2.44. The van der Waals surface area contributed by atoms with Crippen LogP contribution in [0.3, 0.4) is 0 Å². The highest BCUT2D eigenvalue weighted by Gasteiger charge is 2.02. The highest BCUT2D eigenvalue weighted by atomic mass is 35.5. The summed E-state index contributed by atoms with van der Waals surface area (Å²) in [5.74, 6) is 0.871. The van der Waals surface area contributed by atoms with Crippen LogP contribution in [0.2, 0.25) is 0 Å². The molecule has 0 aliphatic heterocycles. The molecular weight excluding hydrogens is 205 g/mol. The molecule has 0 aliphatic carbocycles. The lowest BCUT2D eigenvalue weighted by Gasteiger charge is -2.00. The van der Waals surface area contributed by atoms with Gasteiger partial charge in [0.25, 0.3) is 0 Å². The number of aromatic nitrogens is 2. The van der Waals surface area contributed by atoms with Crippen molar-refractivity contribution in [3.63, 3.8) is 0 Å². The monoisotopic (exact) mass is 221 g/mol. The summed E-state index contributed by atoms with van der Waals surface area (Å²) < 4.78 is 13.6. The van der Waals surface area contributed by atoms with Gasteiger partial charge in [-0.2, -0.15) is 5.10 Å². The molecule has 0 bridgehead atoms. The molecule has 0 aromatic carbocycles. The van der Waals surface area contributed by atoms with Gasteiger partial charge in [0, 0.05) is 18.3 Å². The Hall–Kier alpha value is -0.770. The molecule has 1 rings (SSSR count). The van der Waals surface area contributed by atoms with Crippen molar-refractivity contribution in [3.8, 4) is 0 Å². The molecule has 0 radical (unpaired) electrons. The Morgan fingerprint density at radius 1 is 1.57 bits per heavy atom. The lowest BCUT2D eigenvalue weighted by atomic mass is 10.3. The van der Waals surface area contributed by atoms with E-state index in [2.05, 4.69) is 17.3 Å². The van der Waals surface area contributed by atoms with Crippen molar-refractivity contribution in [1.82, 2.24) is 9.78 Å². The van der Waals surface area contributed by atoms with Gasteiger partial charge in [-0.15, -0.1) is 12.4 Å². The number of rotatable bonds is 5. The molecule has 0 unspecified atom stereocenters. The summed E-state index contributed by atoms with van der Waals surface area (Å²) in [7, 11) is 0. The second kappa shape index (κ2) is 6.65. The summed E-state index contributed by atoms with van der Waals surface area (Å²) in [6.45, 7) is 4.96. The van der Waals surface area contributed by atoms with Crippen LogP contribution in [-0.4, -0.2) is 23.0 Å². The van der Waals surface area contributed by atoms with E-state index in [0.717, 1.165) is 24.3 Å². The van der Waals surface area contributed by atoms with Crippen LogP contribution in [0.4, 0.5) is 10.2 Å². The molecular formula is C9H17ClFN3. The van der Waals surface area contributed by atoms with Crippen LogP contribution < -0.4 is 5.32 Å². The van der Waals surface area contributed by atoms with Gasteiger partial charge in [-0.05, 0) is 13.3 Å². The first-order chi connectivity index (χ1) is 6.27. The third-order valence-electron chi connectivity index (χ3n) is 1.80. The quantitative estimate of drug-likeness (QED) is 0.828. The van der Waals surface area contributed by atoms with Crippen LogP contribution in [-0.2, 0) is 6.54 Å². The Balaban J connectivity index is 0.00000169. The first-order valence-corrected chi connectivity index (χ1v) is 4.61. The molecule has 82 valence electrons. The van der Waals surface area contributed by atoms with E-state index in [0.29, 0.717) is 6.54 Å². The molecule has 0 spiro atoms. The van der Waals surface area contributed by atoms with Crippen molar-refractivity contribution in [1.29, 1.82) is 0 Å². The molecule has 1 N–H and O–H groups in total. The normalized spacial score (nSPS) is 9.64. The van der Waals surface area contributed by atoms with Gasteiger partial charge in [-0.25, -0.2) is 4.39 Å². The van der Waals surface area contributed by atoms with E-state index in [1.165, 1.54) is 0 Å². The standard InChI is InChI=1S/C9H16FN3.ClH/c1-3-5-11-9-8(2)7-13(12-9)6-4-10;/h7H,3-6H2,1-2H3,(H,11,12);1H. The zero-order chi connectivity index (χ0) is 9.68. The third-order valence-corrected chi connectivity index (χ3v) is 1.80. The smallest absolute Gasteiger partial charge is 0.150 e. The molecule has 14 heavy (non-hydrogen) atoms. The topological polar surface area (TPSA) is 29.9 Å². The number of halogens is 2. The molecule has 0 saturated carbocycles. The van der Waals surface area contributed by atoms with E-state index in [4.69, 9.17) is 0 Å². The Bertz CT molecular complexity index is 263. The van der Waals surface area contributed by atoms with E-state index in [1.807, 2.05) is 13.1 Å². The minimum Gasteiger partial charge on any atom is -0.368 e. The van der Waals surface area contributed by atoms with Crippen molar-refractivity contribution < 1.29 is 4.39 Å². The summed E-state index contributed by atoms with van der Waals surface area (Å²) in [5, 5.41) is 7.39. The molecule has 0 amide bonds. The molecule has 0 aliphatic rings. The molecule has 1 aromatic rings. The fraction of sp³-hybridized carbons (Fsp3) is 0.667. The van der Waals surface area contributed by atoms with Crippen LogP contribution >= 0.6 is 12.4 Å². The first kappa shape index (κ1) is 13.2. The number of hydrogen-bond donors (Lipinski definition) is 1. The SMILES string of the molecule is CCCNc1nn(CCF)cc1C.Cl. The second-order valence-corrected chi connectivity index (χ2v) is 3.04. The molecule has 5 heteroatoms. The summed E-state index contributed by atoms with van der Waals surface area (Å²) in [6.07, 6.45) is 2.92. The summed E-state index contributed by atoms with van der Waals surface area (Å²) in [6, 6.07) is 0. The Kier molecular flexibility index (Phi) is 6.28. The van der Waals surface area contributed by atoms with Gasteiger partial charge in [0.1, 0.15) is 6.67 Å². The van der Waals surface area contributed by atoms with Crippen LogP contribution in [0.1, 0.15) is 18.9 Å². The Morgan fingerprint density at radius 3 is 2.86 bits per heavy atom. The summed E-state index contributed by atoms with van der Waals surface area (Å²) in [5.41, 5.74) is 1.07. The molecule has 0 fully saturated rings. The maximum absolute atomic E-state index is 12.0. The maximum atomic E-state index is 12.0. The van der Waals surface area contributed by atoms with Crippen LogP contribution in [0.15, 0.2) is 6.20 Å². The highest BCUT2D eigenvalue weighted by Crippen LogP contribution is 2.10. The Labute approximate surface area is 90.1 Å². The van der Waals surface area contributed by atoms with Crippen molar-refractivity contribution in [3.05, 3.63) is 11.8 Å². The minimum atomic E-state index is -0.367. The van der Waals surface area contributed by atoms with Gasteiger partial charge in [-0.1, -0.05) is 6.92 Å². The third kappa shape index (κ3) is 3.54. The van der Waals surface area contributed by atoms with Crippen molar-refractivity contribution in [2.24, 2.45) is 0 Å². The van der Waals surface area contributed by atoms with Gasteiger partial charge >= 0.3 is 0 Å². The maximum Gasteiger partial charge on any atom is 0.150 e. The van der Waals surface area contributed by atoms with E-state index in [1.54, 1.807) is 4.68 Å². The Morgan fingerprint density at radius 2 is 2.29 bits per heavy atom. The van der Waals surface area contributed by atoms with Crippen molar-refractivity contribution in [2.75, 3.05) is 18.5 Å². The van der Waals surface area contributed by atoms with Gasteiger partial charge in [0.05, 0.1) is 6.54 Å². The van der Waals surface area contributed by atoms with Gasteiger partial charge in [0.2, 0.25) is 0 Å². The van der Waals surface area contributed by atoms with Crippen molar-refractivity contribution >= 4 is 18.2 Å². The zero-order valence-corrected chi connectivity index (χ0v) is 9.40. The van der Waals surface area contributed by atoms with E-state index in [-0.39, 0.29) is 19.1 Å². The number of nitrogens with zero attached hydrogens (tertiary/aromatic N) is 2. The molecule has 0 atom stereocenters. The number of hydrogen-bond acceptors (Lipinski definition) is 2. The molecule has 3 nitrogen and oxygen atoms in total. The first-order valence-electron chi connectivity index (χ1n) is 4.61. The zero-order valence-electron chi connectivity index (χ0n) is 8.59. The van der Waals surface area contributed by atoms with Crippen LogP contribution in [0.5, 0.6) is 0 Å². The number of anilines is 1. The number of nitrogens with one attached hydrogen (secondary N) is 1. The fourth-order valence-electron chi connectivity index (χ4n) is 1.14. The van der Waals surface area contributed by atoms with Crippen LogP contribution in [0.25, 0.3) is 0 Å². The number of alkyl halides is 1. The number of aryl methyl sites for hydroxylation is 2. The minimum absolute atomic E-state index is 0. The highest BCUT2D eigenvalue weighted by molar-refractivity contribution is 5.85. The average molecular weight is 222 g/mol.